The Labute approximate surface area is 176 Å². The molecule has 9 heteroatoms. The molecule has 8 nitrogen and oxygen atoms in total. The van der Waals surface area contributed by atoms with Crippen LogP contribution in [0.3, 0.4) is 0 Å². The number of aryl methyl sites for hydroxylation is 1. The van der Waals surface area contributed by atoms with Crippen molar-refractivity contribution in [3.8, 4) is 16.9 Å². The molecule has 0 amide bonds. The van der Waals surface area contributed by atoms with E-state index in [2.05, 4.69) is 15.4 Å². The van der Waals surface area contributed by atoms with Crippen molar-refractivity contribution in [1.29, 1.82) is 0 Å². The summed E-state index contributed by atoms with van der Waals surface area (Å²) in [5, 5.41) is 7.53. The monoisotopic (exact) mass is 427 g/mol. The molecule has 30 heavy (non-hydrogen) atoms. The fourth-order valence-electron chi connectivity index (χ4n) is 3.57. The van der Waals surface area contributed by atoms with Crippen LogP contribution in [-0.2, 0) is 17.1 Å². The van der Waals surface area contributed by atoms with E-state index in [9.17, 15) is 8.42 Å². The van der Waals surface area contributed by atoms with Gasteiger partial charge < -0.3 is 10.1 Å². The first kappa shape index (κ1) is 20.4. The van der Waals surface area contributed by atoms with Crippen LogP contribution in [-0.4, -0.2) is 53.7 Å². The molecule has 3 heterocycles. The Balaban J connectivity index is 1.38. The average molecular weight is 428 g/mol. The van der Waals surface area contributed by atoms with Crippen molar-refractivity contribution in [3.63, 3.8) is 0 Å². The Kier molecular flexibility index (Phi) is 5.74. The van der Waals surface area contributed by atoms with E-state index in [0.717, 1.165) is 29.8 Å². The topological polar surface area (TPSA) is 89.4 Å². The van der Waals surface area contributed by atoms with Gasteiger partial charge in [0.05, 0.1) is 24.4 Å². The molecule has 158 valence electrons. The van der Waals surface area contributed by atoms with E-state index in [0.29, 0.717) is 23.7 Å². The number of pyridine rings is 1. The highest BCUT2D eigenvalue weighted by Crippen LogP contribution is 2.25. The van der Waals surface area contributed by atoms with Crippen molar-refractivity contribution in [2.45, 2.75) is 23.8 Å². The molecule has 3 aromatic rings. The van der Waals surface area contributed by atoms with Gasteiger partial charge in [-0.15, -0.1) is 0 Å². The van der Waals surface area contributed by atoms with Crippen LogP contribution in [0.5, 0.6) is 5.75 Å². The number of hydrogen-bond donors (Lipinski definition) is 1. The summed E-state index contributed by atoms with van der Waals surface area (Å²) in [5.41, 5.74) is 1.90. The molecule has 1 fully saturated rings. The third kappa shape index (κ3) is 4.31. The molecule has 0 spiro atoms. The second kappa shape index (κ2) is 8.45. The zero-order valence-electron chi connectivity index (χ0n) is 17.0. The maximum Gasteiger partial charge on any atom is 0.243 e. The standard InChI is InChI=1S/C21H25N5O3S/c1-25-15-17(13-23-25)16-3-6-20(7-4-16)30(27,28)26-11-9-18(10-12-26)24-21-8-5-19(29-2)14-22-21/h3-8,13-15,18H,9-12H2,1-2H3,(H,22,24). The maximum atomic E-state index is 13.0. The van der Waals surface area contributed by atoms with Crippen LogP contribution in [0.15, 0.2) is 59.9 Å². The molecule has 1 aliphatic heterocycles. The van der Waals surface area contributed by atoms with Crippen molar-refractivity contribution >= 4 is 15.8 Å². The quantitative estimate of drug-likeness (QED) is 0.651. The van der Waals surface area contributed by atoms with Gasteiger partial charge in [0.1, 0.15) is 11.6 Å². The van der Waals surface area contributed by atoms with E-state index in [1.54, 1.807) is 40.6 Å². The van der Waals surface area contributed by atoms with E-state index in [4.69, 9.17) is 4.74 Å². The van der Waals surface area contributed by atoms with Gasteiger partial charge in [0.15, 0.2) is 0 Å². The molecule has 1 N–H and O–H groups in total. The van der Waals surface area contributed by atoms with Crippen LogP contribution in [0.2, 0.25) is 0 Å². The van der Waals surface area contributed by atoms with Crippen molar-refractivity contribution in [2.24, 2.45) is 7.05 Å². The second-order valence-corrected chi connectivity index (χ2v) is 9.27. The molecule has 0 saturated carbocycles. The van der Waals surface area contributed by atoms with Gasteiger partial charge in [-0.05, 0) is 42.7 Å². The molecular weight excluding hydrogens is 402 g/mol. The highest BCUT2D eigenvalue weighted by Gasteiger charge is 2.29. The number of hydrogen-bond acceptors (Lipinski definition) is 6. The predicted molar refractivity (Wildman–Crippen MR) is 115 cm³/mol. The van der Waals surface area contributed by atoms with Crippen molar-refractivity contribution < 1.29 is 13.2 Å². The van der Waals surface area contributed by atoms with E-state index in [-0.39, 0.29) is 6.04 Å². The predicted octanol–water partition coefficient (Wildman–Crippen LogP) is 2.76. The minimum atomic E-state index is -3.51. The summed E-state index contributed by atoms with van der Waals surface area (Å²) in [4.78, 5) is 4.64. The number of rotatable bonds is 6. The first-order valence-corrected chi connectivity index (χ1v) is 11.3. The summed E-state index contributed by atoms with van der Waals surface area (Å²) in [5.74, 6) is 1.47. The lowest BCUT2D eigenvalue weighted by molar-refractivity contribution is 0.329. The van der Waals surface area contributed by atoms with Crippen molar-refractivity contribution in [2.75, 3.05) is 25.5 Å². The zero-order valence-corrected chi connectivity index (χ0v) is 17.8. The van der Waals surface area contributed by atoms with Gasteiger partial charge in [0, 0.05) is 37.9 Å². The number of aromatic nitrogens is 3. The van der Waals surface area contributed by atoms with E-state index in [1.807, 2.05) is 37.5 Å². The van der Waals surface area contributed by atoms with Gasteiger partial charge in [-0.3, -0.25) is 4.68 Å². The molecule has 0 atom stereocenters. The van der Waals surface area contributed by atoms with Crippen molar-refractivity contribution in [1.82, 2.24) is 19.1 Å². The number of methoxy groups -OCH3 is 1. The minimum absolute atomic E-state index is 0.185. The molecule has 1 aliphatic rings. The van der Waals surface area contributed by atoms with Gasteiger partial charge in [-0.25, -0.2) is 13.4 Å². The fraction of sp³-hybridized carbons (Fsp3) is 0.333. The van der Waals surface area contributed by atoms with Crippen molar-refractivity contribution in [3.05, 3.63) is 55.0 Å². The zero-order chi connectivity index (χ0) is 21.1. The van der Waals surface area contributed by atoms with Gasteiger partial charge in [-0.2, -0.15) is 9.40 Å². The van der Waals surface area contributed by atoms with Crippen LogP contribution in [0, 0.1) is 0 Å². The Bertz CT molecular complexity index is 1090. The lowest BCUT2D eigenvalue weighted by atomic mass is 10.1. The second-order valence-electron chi connectivity index (χ2n) is 7.33. The number of ether oxygens (including phenoxy) is 1. The fourth-order valence-corrected chi connectivity index (χ4v) is 5.04. The molecule has 0 aliphatic carbocycles. The number of nitrogens with zero attached hydrogens (tertiary/aromatic N) is 4. The Morgan fingerprint density at radius 3 is 2.33 bits per heavy atom. The highest BCUT2D eigenvalue weighted by atomic mass is 32.2. The minimum Gasteiger partial charge on any atom is -0.495 e. The number of anilines is 1. The molecule has 1 aromatic carbocycles. The lowest BCUT2D eigenvalue weighted by Crippen LogP contribution is -2.42. The smallest absolute Gasteiger partial charge is 0.243 e. The maximum absolute atomic E-state index is 13.0. The molecule has 0 bridgehead atoms. The van der Waals surface area contributed by atoms with Crippen LogP contribution >= 0.6 is 0 Å². The van der Waals surface area contributed by atoms with E-state index >= 15 is 0 Å². The van der Waals surface area contributed by atoms with Crippen LogP contribution in [0.25, 0.3) is 11.1 Å². The van der Waals surface area contributed by atoms with E-state index in [1.165, 1.54) is 0 Å². The third-order valence-electron chi connectivity index (χ3n) is 5.31. The molecule has 0 radical (unpaired) electrons. The number of piperidine rings is 1. The Hall–Kier alpha value is -2.91. The summed E-state index contributed by atoms with van der Waals surface area (Å²) in [6.45, 7) is 0.945. The Morgan fingerprint density at radius 2 is 1.77 bits per heavy atom. The van der Waals surface area contributed by atoms with Crippen LogP contribution < -0.4 is 10.1 Å². The van der Waals surface area contributed by atoms with E-state index < -0.39 is 10.0 Å². The number of benzene rings is 1. The average Bonchev–Trinajstić information content (AvgIpc) is 3.21. The molecule has 4 rings (SSSR count). The summed E-state index contributed by atoms with van der Waals surface area (Å²) in [6, 6.07) is 10.9. The molecule has 2 aromatic heterocycles. The summed E-state index contributed by atoms with van der Waals surface area (Å²) in [7, 11) is -0.0519. The number of sulfonamides is 1. The van der Waals surface area contributed by atoms with Crippen LogP contribution in [0.4, 0.5) is 5.82 Å². The largest absolute Gasteiger partial charge is 0.495 e. The number of nitrogens with one attached hydrogen (secondary N) is 1. The third-order valence-corrected chi connectivity index (χ3v) is 7.22. The highest BCUT2D eigenvalue weighted by molar-refractivity contribution is 7.89. The molecule has 0 unspecified atom stereocenters. The van der Waals surface area contributed by atoms with Crippen LogP contribution in [0.1, 0.15) is 12.8 Å². The summed E-state index contributed by atoms with van der Waals surface area (Å²) in [6.07, 6.45) is 6.77. The van der Waals surface area contributed by atoms with Gasteiger partial charge in [0.2, 0.25) is 10.0 Å². The van der Waals surface area contributed by atoms with Gasteiger partial charge >= 0.3 is 0 Å². The first-order valence-electron chi connectivity index (χ1n) is 9.81. The van der Waals surface area contributed by atoms with Gasteiger partial charge in [-0.1, -0.05) is 12.1 Å². The molecular formula is C21H25N5O3S. The summed E-state index contributed by atoms with van der Waals surface area (Å²) >= 11 is 0. The SMILES string of the molecule is COc1ccc(NC2CCN(S(=O)(=O)c3ccc(-c4cnn(C)c4)cc3)CC2)nc1. The normalized spacial score (nSPS) is 15.8. The first-order chi connectivity index (χ1) is 14.5. The Morgan fingerprint density at radius 1 is 1.03 bits per heavy atom. The lowest BCUT2D eigenvalue weighted by Gasteiger charge is -2.31. The summed E-state index contributed by atoms with van der Waals surface area (Å²) < 4.78 is 34.5. The van der Waals surface area contributed by atoms with Gasteiger partial charge in [0.25, 0.3) is 0 Å². The molecule has 1 saturated heterocycles.